The molecule has 0 spiro atoms. The van der Waals surface area contributed by atoms with Gasteiger partial charge < -0.3 is 14.7 Å². The van der Waals surface area contributed by atoms with E-state index in [1.54, 1.807) is 9.58 Å². The molecule has 1 aromatic rings. The number of hydrogen-bond donors (Lipinski definition) is 1. The van der Waals surface area contributed by atoms with Crippen molar-refractivity contribution in [1.29, 1.82) is 0 Å². The number of carboxylic acid groups (broad SMARTS) is 1. The van der Waals surface area contributed by atoms with Crippen molar-refractivity contribution in [1.82, 2.24) is 14.7 Å². The predicted octanol–water partition coefficient (Wildman–Crippen LogP) is 0.452. The zero-order chi connectivity index (χ0) is 15.7. The van der Waals surface area contributed by atoms with Crippen molar-refractivity contribution < 1.29 is 19.4 Å². The molecule has 1 aromatic heterocycles. The third-order valence-electron chi connectivity index (χ3n) is 4.02. The zero-order valence-corrected chi connectivity index (χ0v) is 12.8. The molecular formula is C14H21N3O4. The summed E-state index contributed by atoms with van der Waals surface area (Å²) in [6.45, 7) is 6.41. The maximum Gasteiger partial charge on any atom is 0.334 e. The number of carbonyl (C=O) groups excluding carboxylic acids is 1. The second-order valence-electron chi connectivity index (χ2n) is 5.41. The van der Waals surface area contributed by atoms with Gasteiger partial charge >= 0.3 is 5.97 Å². The molecule has 1 aliphatic heterocycles. The third-order valence-corrected chi connectivity index (χ3v) is 4.02. The molecular weight excluding hydrogens is 274 g/mol. The van der Waals surface area contributed by atoms with Gasteiger partial charge in [-0.05, 0) is 20.8 Å². The molecule has 1 fully saturated rings. The van der Waals surface area contributed by atoms with Crippen LogP contribution < -0.4 is 0 Å². The monoisotopic (exact) mass is 295 g/mol. The van der Waals surface area contributed by atoms with Gasteiger partial charge in [0.2, 0.25) is 5.91 Å². The largest absolute Gasteiger partial charge is 0.479 e. The Hall–Kier alpha value is -1.89. The summed E-state index contributed by atoms with van der Waals surface area (Å²) >= 11 is 0. The van der Waals surface area contributed by atoms with Gasteiger partial charge in [-0.15, -0.1) is 0 Å². The number of nitrogens with zero attached hydrogens (tertiary/aromatic N) is 3. The Morgan fingerprint density at radius 3 is 2.62 bits per heavy atom. The van der Waals surface area contributed by atoms with Gasteiger partial charge in [0.15, 0.2) is 6.10 Å². The molecule has 7 heteroatoms. The SMILES string of the molecule is Cc1nn(C)c(C)c1C(C)C(=O)N1CCOC(C(=O)O)C1. The molecule has 0 bridgehead atoms. The van der Waals surface area contributed by atoms with Gasteiger partial charge in [0.25, 0.3) is 0 Å². The Labute approximate surface area is 123 Å². The molecule has 0 radical (unpaired) electrons. The smallest absolute Gasteiger partial charge is 0.334 e. The zero-order valence-electron chi connectivity index (χ0n) is 12.8. The average Bonchev–Trinajstić information content (AvgIpc) is 2.70. The van der Waals surface area contributed by atoms with Gasteiger partial charge in [0, 0.05) is 24.8 Å². The molecule has 1 aliphatic rings. The fraction of sp³-hybridized carbons (Fsp3) is 0.643. The number of aliphatic carboxylic acids is 1. The number of rotatable bonds is 3. The van der Waals surface area contributed by atoms with Crippen LogP contribution in [-0.2, 0) is 21.4 Å². The number of carboxylic acids is 1. The lowest BCUT2D eigenvalue weighted by Gasteiger charge is -2.32. The number of ether oxygens (including phenoxy) is 1. The minimum absolute atomic E-state index is 0.0799. The summed E-state index contributed by atoms with van der Waals surface area (Å²) in [5.74, 6) is -1.45. The minimum Gasteiger partial charge on any atom is -0.479 e. The normalized spacial score (nSPS) is 20.4. The first kappa shape index (κ1) is 15.5. The second-order valence-corrected chi connectivity index (χ2v) is 5.41. The van der Waals surface area contributed by atoms with E-state index in [-0.39, 0.29) is 25.0 Å². The quantitative estimate of drug-likeness (QED) is 0.875. The van der Waals surface area contributed by atoms with E-state index in [1.165, 1.54) is 0 Å². The lowest BCUT2D eigenvalue weighted by molar-refractivity contribution is -0.159. The first-order chi connectivity index (χ1) is 9.82. The lowest BCUT2D eigenvalue weighted by atomic mass is 9.97. The number of amides is 1. The maximum absolute atomic E-state index is 12.6. The van der Waals surface area contributed by atoms with Crippen LogP contribution >= 0.6 is 0 Å². The standard InChI is InChI=1S/C14H21N3O4/c1-8(12-9(2)15-16(4)10(12)3)13(18)17-5-6-21-11(7-17)14(19)20/h8,11H,5-7H2,1-4H3,(H,19,20). The van der Waals surface area contributed by atoms with Crippen molar-refractivity contribution in [2.45, 2.75) is 32.8 Å². The van der Waals surface area contributed by atoms with Gasteiger partial charge in [-0.25, -0.2) is 4.79 Å². The Morgan fingerprint density at radius 2 is 2.10 bits per heavy atom. The summed E-state index contributed by atoms with van der Waals surface area (Å²) < 4.78 is 6.90. The molecule has 0 aromatic carbocycles. The molecule has 116 valence electrons. The van der Waals surface area contributed by atoms with E-state index < -0.39 is 12.1 Å². The van der Waals surface area contributed by atoms with Crippen LogP contribution in [-0.4, -0.2) is 57.5 Å². The van der Waals surface area contributed by atoms with Crippen LogP contribution in [0.2, 0.25) is 0 Å². The average molecular weight is 295 g/mol. The van der Waals surface area contributed by atoms with Crippen molar-refractivity contribution in [2.75, 3.05) is 19.7 Å². The Bertz CT molecular complexity index is 567. The Balaban J connectivity index is 2.17. The number of aryl methyl sites for hydroxylation is 2. The van der Waals surface area contributed by atoms with Crippen LogP contribution in [0.4, 0.5) is 0 Å². The molecule has 1 amide bonds. The summed E-state index contributed by atoms with van der Waals surface area (Å²) in [5, 5.41) is 13.3. The van der Waals surface area contributed by atoms with Crippen molar-refractivity contribution >= 4 is 11.9 Å². The molecule has 0 aliphatic carbocycles. The van der Waals surface area contributed by atoms with Gasteiger partial charge in [-0.2, -0.15) is 5.10 Å². The van der Waals surface area contributed by atoms with E-state index in [4.69, 9.17) is 9.84 Å². The fourth-order valence-corrected chi connectivity index (χ4v) is 2.81. The molecule has 0 saturated carbocycles. The van der Waals surface area contributed by atoms with E-state index in [2.05, 4.69) is 5.10 Å². The number of hydrogen-bond acceptors (Lipinski definition) is 4. The highest BCUT2D eigenvalue weighted by molar-refractivity contribution is 5.85. The van der Waals surface area contributed by atoms with Crippen molar-refractivity contribution in [3.8, 4) is 0 Å². The Morgan fingerprint density at radius 1 is 1.43 bits per heavy atom. The summed E-state index contributed by atoms with van der Waals surface area (Å²) in [4.78, 5) is 25.2. The highest BCUT2D eigenvalue weighted by atomic mass is 16.5. The highest BCUT2D eigenvalue weighted by Crippen LogP contribution is 2.25. The van der Waals surface area contributed by atoms with Gasteiger partial charge in [-0.1, -0.05) is 0 Å². The maximum atomic E-state index is 12.6. The molecule has 21 heavy (non-hydrogen) atoms. The molecule has 1 saturated heterocycles. The highest BCUT2D eigenvalue weighted by Gasteiger charge is 2.33. The predicted molar refractivity (Wildman–Crippen MR) is 75.1 cm³/mol. The number of aromatic nitrogens is 2. The number of morpholine rings is 1. The molecule has 1 N–H and O–H groups in total. The van der Waals surface area contributed by atoms with Crippen molar-refractivity contribution in [3.63, 3.8) is 0 Å². The summed E-state index contributed by atoms with van der Waals surface area (Å²) in [6, 6.07) is 0. The van der Waals surface area contributed by atoms with E-state index >= 15 is 0 Å². The van der Waals surface area contributed by atoms with Crippen molar-refractivity contribution in [2.24, 2.45) is 7.05 Å². The Kier molecular flexibility index (Phi) is 4.32. The van der Waals surface area contributed by atoms with E-state index in [0.29, 0.717) is 6.54 Å². The van der Waals surface area contributed by atoms with E-state index in [0.717, 1.165) is 17.0 Å². The molecule has 2 unspecified atom stereocenters. The van der Waals surface area contributed by atoms with Gasteiger partial charge in [0.05, 0.1) is 24.8 Å². The second kappa shape index (κ2) is 5.85. The van der Waals surface area contributed by atoms with Gasteiger partial charge in [-0.3, -0.25) is 9.48 Å². The lowest BCUT2D eigenvalue weighted by Crippen LogP contribution is -2.49. The summed E-state index contributed by atoms with van der Waals surface area (Å²) in [7, 11) is 1.85. The molecule has 2 atom stereocenters. The van der Waals surface area contributed by atoms with Crippen LogP contribution in [0.25, 0.3) is 0 Å². The first-order valence-electron chi connectivity index (χ1n) is 6.96. The molecule has 2 rings (SSSR count). The summed E-state index contributed by atoms with van der Waals surface area (Å²) in [5.41, 5.74) is 2.70. The molecule has 7 nitrogen and oxygen atoms in total. The topological polar surface area (TPSA) is 84.7 Å². The molecule has 2 heterocycles. The van der Waals surface area contributed by atoms with Gasteiger partial charge in [0.1, 0.15) is 0 Å². The van der Waals surface area contributed by atoms with Crippen molar-refractivity contribution in [3.05, 3.63) is 17.0 Å². The van der Waals surface area contributed by atoms with Crippen LogP contribution in [0.1, 0.15) is 29.8 Å². The summed E-state index contributed by atoms with van der Waals surface area (Å²) in [6.07, 6.45) is -0.939. The van der Waals surface area contributed by atoms with E-state index in [1.807, 2.05) is 27.8 Å². The first-order valence-corrected chi connectivity index (χ1v) is 6.96. The minimum atomic E-state index is -1.03. The fourth-order valence-electron chi connectivity index (χ4n) is 2.81. The van der Waals surface area contributed by atoms with Crippen LogP contribution in [0.3, 0.4) is 0 Å². The third kappa shape index (κ3) is 2.92. The van der Waals surface area contributed by atoms with Crippen LogP contribution in [0.15, 0.2) is 0 Å². The van der Waals surface area contributed by atoms with E-state index in [9.17, 15) is 9.59 Å². The number of carbonyl (C=O) groups is 2. The van der Waals surface area contributed by atoms with Crippen LogP contribution in [0.5, 0.6) is 0 Å². The van der Waals surface area contributed by atoms with Crippen LogP contribution in [0, 0.1) is 13.8 Å².